The van der Waals surface area contributed by atoms with E-state index in [0.717, 1.165) is 6.42 Å². The van der Waals surface area contributed by atoms with Gasteiger partial charge in [-0.25, -0.2) is 0 Å². The van der Waals surface area contributed by atoms with Crippen LogP contribution in [0.1, 0.15) is 33.6 Å². The Balaban J connectivity index is 2.32. The average molecular weight is 179 g/mol. The minimum atomic E-state index is 0.0555. The van der Waals surface area contributed by atoms with E-state index in [4.69, 9.17) is 0 Å². The first-order valence-corrected chi connectivity index (χ1v) is 5.00. The third kappa shape index (κ3) is 1.50. The Labute approximate surface area is 79.4 Å². The lowest BCUT2D eigenvalue weighted by Crippen LogP contribution is -2.29. The Kier molecular flexibility index (Phi) is 1.76. The minimum Gasteiger partial charge on any atom is -0.386 e. The van der Waals surface area contributed by atoms with Crippen LogP contribution in [0.2, 0.25) is 0 Å². The van der Waals surface area contributed by atoms with E-state index in [1.807, 2.05) is 0 Å². The van der Waals surface area contributed by atoms with Crippen LogP contribution in [0.25, 0.3) is 0 Å². The number of ketones is 1. The molecule has 1 aliphatic carbocycles. The van der Waals surface area contributed by atoms with Crippen molar-refractivity contribution in [2.75, 3.05) is 0 Å². The normalized spacial score (nSPS) is 36.5. The molecule has 0 bridgehead atoms. The summed E-state index contributed by atoms with van der Waals surface area (Å²) in [6, 6.07) is 0.467. The first-order chi connectivity index (χ1) is 5.98. The maximum atomic E-state index is 11.8. The zero-order valence-electron chi connectivity index (χ0n) is 8.55. The van der Waals surface area contributed by atoms with Crippen LogP contribution >= 0.6 is 0 Å². The number of carbonyl (C=O) groups excluding carboxylic acids is 1. The largest absolute Gasteiger partial charge is 0.386 e. The SMILES string of the molecule is CC1CC2C(=O)CC(C)(C)C=C2N1. The van der Waals surface area contributed by atoms with Crippen molar-refractivity contribution < 1.29 is 4.79 Å². The molecule has 0 radical (unpaired) electrons. The molecule has 0 amide bonds. The van der Waals surface area contributed by atoms with Crippen molar-refractivity contribution in [1.82, 2.24) is 5.32 Å². The predicted octanol–water partition coefficient (Wildman–Crippen LogP) is 1.87. The number of hydrogen-bond donors (Lipinski definition) is 1. The Bertz CT molecular complexity index is 278. The summed E-state index contributed by atoms with van der Waals surface area (Å²) in [5.74, 6) is 0.599. The predicted molar refractivity (Wildman–Crippen MR) is 52.2 cm³/mol. The maximum absolute atomic E-state index is 11.8. The molecule has 1 heterocycles. The lowest BCUT2D eigenvalue weighted by atomic mass is 9.76. The van der Waals surface area contributed by atoms with Gasteiger partial charge in [-0.1, -0.05) is 19.9 Å². The van der Waals surface area contributed by atoms with Gasteiger partial charge in [-0.05, 0) is 18.8 Å². The first-order valence-electron chi connectivity index (χ1n) is 5.00. The van der Waals surface area contributed by atoms with Crippen molar-refractivity contribution >= 4 is 5.78 Å². The fraction of sp³-hybridized carbons (Fsp3) is 0.727. The standard InChI is InChI=1S/C11H17NO/c1-7-4-8-9(12-7)5-11(2,3)6-10(8)13/h5,7-8,12H,4,6H2,1-3H3. The maximum Gasteiger partial charge on any atom is 0.142 e. The molecule has 2 heteroatoms. The van der Waals surface area contributed by atoms with Crippen LogP contribution in [0.3, 0.4) is 0 Å². The molecule has 0 aromatic carbocycles. The molecular formula is C11H17NO. The number of nitrogens with one attached hydrogen (secondary N) is 1. The highest BCUT2D eigenvalue weighted by atomic mass is 16.1. The highest BCUT2D eigenvalue weighted by Gasteiger charge is 2.38. The third-order valence-electron chi connectivity index (χ3n) is 2.94. The lowest BCUT2D eigenvalue weighted by molar-refractivity contribution is -0.123. The summed E-state index contributed by atoms with van der Waals surface area (Å²) in [6.45, 7) is 6.39. The Morgan fingerprint density at radius 2 is 2.23 bits per heavy atom. The van der Waals surface area contributed by atoms with Gasteiger partial charge in [0.15, 0.2) is 0 Å². The summed E-state index contributed by atoms with van der Waals surface area (Å²) in [5.41, 5.74) is 1.23. The molecule has 2 atom stereocenters. The van der Waals surface area contributed by atoms with Gasteiger partial charge in [0.2, 0.25) is 0 Å². The summed E-state index contributed by atoms with van der Waals surface area (Å²) in [5, 5.41) is 3.38. The van der Waals surface area contributed by atoms with Gasteiger partial charge in [0, 0.05) is 18.2 Å². The van der Waals surface area contributed by atoms with E-state index >= 15 is 0 Å². The van der Waals surface area contributed by atoms with Gasteiger partial charge in [0.1, 0.15) is 5.78 Å². The van der Waals surface area contributed by atoms with Crippen LogP contribution in [0.4, 0.5) is 0 Å². The fourth-order valence-electron chi connectivity index (χ4n) is 2.42. The number of carbonyl (C=O) groups is 1. The molecule has 0 saturated carbocycles. The monoisotopic (exact) mass is 179 g/mol. The second kappa shape index (κ2) is 2.60. The van der Waals surface area contributed by atoms with E-state index < -0.39 is 0 Å². The molecule has 1 N–H and O–H groups in total. The van der Waals surface area contributed by atoms with E-state index in [1.165, 1.54) is 5.70 Å². The van der Waals surface area contributed by atoms with E-state index in [2.05, 4.69) is 32.2 Å². The molecule has 72 valence electrons. The molecule has 1 aliphatic heterocycles. The molecule has 2 aliphatic rings. The zero-order chi connectivity index (χ0) is 9.64. The van der Waals surface area contributed by atoms with Gasteiger partial charge in [-0.2, -0.15) is 0 Å². The van der Waals surface area contributed by atoms with Crippen molar-refractivity contribution in [3.63, 3.8) is 0 Å². The summed E-state index contributed by atoms with van der Waals surface area (Å²) >= 11 is 0. The Hall–Kier alpha value is -0.790. The molecular weight excluding hydrogens is 162 g/mol. The van der Waals surface area contributed by atoms with Gasteiger partial charge in [-0.15, -0.1) is 0 Å². The Morgan fingerprint density at radius 1 is 1.54 bits per heavy atom. The number of hydrogen-bond acceptors (Lipinski definition) is 2. The van der Waals surface area contributed by atoms with Gasteiger partial charge < -0.3 is 5.32 Å². The number of Topliss-reactive ketones (excluding diaryl/α,β-unsaturated/α-hetero) is 1. The van der Waals surface area contributed by atoms with Crippen molar-refractivity contribution in [1.29, 1.82) is 0 Å². The molecule has 2 rings (SSSR count). The molecule has 1 fully saturated rings. The summed E-state index contributed by atoms with van der Waals surface area (Å²) in [6.07, 6.45) is 3.93. The van der Waals surface area contributed by atoms with Crippen LogP contribution in [0.5, 0.6) is 0 Å². The zero-order valence-corrected chi connectivity index (χ0v) is 8.55. The third-order valence-corrected chi connectivity index (χ3v) is 2.94. The van der Waals surface area contributed by atoms with E-state index in [1.54, 1.807) is 0 Å². The summed E-state index contributed by atoms with van der Waals surface area (Å²) in [7, 11) is 0. The summed E-state index contributed by atoms with van der Waals surface area (Å²) < 4.78 is 0. The molecule has 2 unspecified atom stereocenters. The minimum absolute atomic E-state index is 0.0555. The topological polar surface area (TPSA) is 29.1 Å². The van der Waals surface area contributed by atoms with Gasteiger partial charge in [0.25, 0.3) is 0 Å². The smallest absolute Gasteiger partial charge is 0.142 e. The van der Waals surface area contributed by atoms with E-state index in [9.17, 15) is 4.79 Å². The second-order valence-electron chi connectivity index (χ2n) is 5.07. The van der Waals surface area contributed by atoms with Crippen LogP contribution in [0.15, 0.2) is 11.8 Å². The van der Waals surface area contributed by atoms with Crippen molar-refractivity contribution in [3.8, 4) is 0 Å². The highest BCUT2D eigenvalue weighted by molar-refractivity contribution is 5.86. The van der Waals surface area contributed by atoms with Crippen LogP contribution < -0.4 is 5.32 Å². The van der Waals surface area contributed by atoms with E-state index in [-0.39, 0.29) is 11.3 Å². The number of allylic oxidation sites excluding steroid dienone is 2. The molecule has 0 aromatic heterocycles. The van der Waals surface area contributed by atoms with Crippen molar-refractivity contribution in [3.05, 3.63) is 11.8 Å². The molecule has 2 nitrogen and oxygen atoms in total. The van der Waals surface area contributed by atoms with E-state index in [0.29, 0.717) is 18.2 Å². The quantitative estimate of drug-likeness (QED) is 0.615. The lowest BCUT2D eigenvalue weighted by Gasteiger charge is -2.28. The fourth-order valence-corrected chi connectivity index (χ4v) is 2.42. The van der Waals surface area contributed by atoms with Gasteiger partial charge in [-0.3, -0.25) is 4.79 Å². The highest BCUT2D eigenvalue weighted by Crippen LogP contribution is 2.38. The van der Waals surface area contributed by atoms with Crippen LogP contribution in [-0.2, 0) is 4.79 Å². The Morgan fingerprint density at radius 3 is 2.92 bits per heavy atom. The van der Waals surface area contributed by atoms with Gasteiger partial charge in [0.05, 0.1) is 5.92 Å². The summed E-state index contributed by atoms with van der Waals surface area (Å²) in [4.78, 5) is 11.8. The number of fused-ring (bicyclic) bond motifs is 1. The molecule has 0 spiro atoms. The van der Waals surface area contributed by atoms with Crippen molar-refractivity contribution in [2.24, 2.45) is 11.3 Å². The molecule has 13 heavy (non-hydrogen) atoms. The average Bonchev–Trinajstić information content (AvgIpc) is 2.27. The van der Waals surface area contributed by atoms with Crippen LogP contribution in [-0.4, -0.2) is 11.8 Å². The molecule has 0 aromatic rings. The van der Waals surface area contributed by atoms with Gasteiger partial charge >= 0.3 is 0 Å². The van der Waals surface area contributed by atoms with Crippen LogP contribution in [0, 0.1) is 11.3 Å². The van der Waals surface area contributed by atoms with Crippen molar-refractivity contribution in [2.45, 2.75) is 39.7 Å². The second-order valence-corrected chi connectivity index (χ2v) is 5.07. The number of rotatable bonds is 0. The first kappa shape index (κ1) is 8.79. The molecule has 1 saturated heterocycles.